The molecule has 2 aromatic rings. The van der Waals surface area contributed by atoms with Gasteiger partial charge in [0.1, 0.15) is 0 Å². The minimum Gasteiger partial charge on any atom is -0.337 e. The molecule has 22 heavy (non-hydrogen) atoms. The average Bonchev–Trinajstić information content (AvgIpc) is 2.74. The third-order valence-electron chi connectivity index (χ3n) is 4.58. The monoisotopic (exact) mass is 322 g/mol. The van der Waals surface area contributed by atoms with Gasteiger partial charge < -0.3 is 4.52 Å². The van der Waals surface area contributed by atoms with Gasteiger partial charge in [0, 0.05) is 5.56 Å². The second-order valence-electron chi connectivity index (χ2n) is 5.78. The van der Waals surface area contributed by atoms with E-state index in [4.69, 9.17) is 4.52 Å². The van der Waals surface area contributed by atoms with Gasteiger partial charge in [0.2, 0.25) is 5.88 Å². The Hall–Kier alpha value is -1.82. The Morgan fingerprint density at radius 1 is 0.773 bits per heavy atom. The molecule has 5 nitrogen and oxygen atoms in total. The van der Waals surface area contributed by atoms with Crippen LogP contribution in [0.1, 0.15) is 39.1 Å². The quantitative estimate of drug-likeness (QED) is 0.936. The first-order valence-electron chi connectivity index (χ1n) is 7.10. The molecule has 0 fully saturated rings. The third-order valence-corrected chi connectivity index (χ3v) is 6.19. The Labute approximate surface area is 131 Å². The van der Waals surface area contributed by atoms with Crippen molar-refractivity contribution < 1.29 is 12.9 Å². The van der Waals surface area contributed by atoms with Crippen molar-refractivity contribution in [2.45, 2.75) is 53.4 Å². The summed E-state index contributed by atoms with van der Waals surface area (Å²) in [7, 11) is -3.73. The van der Waals surface area contributed by atoms with Crippen molar-refractivity contribution in [2.75, 3.05) is 4.72 Å². The second kappa shape index (κ2) is 5.43. The van der Waals surface area contributed by atoms with Crippen LogP contribution in [0.5, 0.6) is 0 Å². The van der Waals surface area contributed by atoms with E-state index in [0.717, 1.165) is 27.8 Å². The van der Waals surface area contributed by atoms with Crippen LogP contribution in [0.3, 0.4) is 0 Å². The molecule has 0 spiro atoms. The lowest BCUT2D eigenvalue weighted by atomic mass is 9.95. The summed E-state index contributed by atoms with van der Waals surface area (Å²) in [6, 6.07) is 0. The number of anilines is 1. The first-order valence-corrected chi connectivity index (χ1v) is 8.59. The molecule has 1 aromatic carbocycles. The van der Waals surface area contributed by atoms with E-state index in [9.17, 15) is 8.42 Å². The lowest BCUT2D eigenvalue weighted by Gasteiger charge is -2.18. The normalized spacial score (nSPS) is 11.8. The van der Waals surface area contributed by atoms with Crippen LogP contribution < -0.4 is 4.72 Å². The molecule has 0 amide bonds. The SMILES string of the molecule is Cc1noc(NS(=O)(=O)c2c(C)c(C)c(C)c(C)c2C)c1C. The molecule has 0 unspecified atom stereocenters. The van der Waals surface area contributed by atoms with E-state index in [0.29, 0.717) is 16.2 Å². The van der Waals surface area contributed by atoms with Crippen LogP contribution in [0.2, 0.25) is 0 Å². The summed E-state index contributed by atoms with van der Waals surface area (Å²) < 4.78 is 33.2. The maximum Gasteiger partial charge on any atom is 0.264 e. The number of benzene rings is 1. The largest absolute Gasteiger partial charge is 0.337 e. The first-order chi connectivity index (χ1) is 10.1. The fourth-order valence-electron chi connectivity index (χ4n) is 2.55. The van der Waals surface area contributed by atoms with E-state index >= 15 is 0 Å². The summed E-state index contributed by atoms with van der Waals surface area (Å²) in [6.07, 6.45) is 0. The lowest BCUT2D eigenvalue weighted by Crippen LogP contribution is -2.18. The molecule has 1 aromatic heterocycles. The van der Waals surface area contributed by atoms with Crippen LogP contribution in [0.4, 0.5) is 5.88 Å². The van der Waals surface area contributed by atoms with Gasteiger partial charge in [-0.1, -0.05) is 5.16 Å². The van der Waals surface area contributed by atoms with E-state index < -0.39 is 10.0 Å². The van der Waals surface area contributed by atoms with Gasteiger partial charge in [-0.15, -0.1) is 0 Å². The van der Waals surface area contributed by atoms with Crippen molar-refractivity contribution in [3.05, 3.63) is 39.1 Å². The summed E-state index contributed by atoms with van der Waals surface area (Å²) in [5, 5.41) is 3.79. The van der Waals surface area contributed by atoms with Crippen LogP contribution in [0.25, 0.3) is 0 Å². The molecule has 0 bridgehead atoms. The van der Waals surface area contributed by atoms with Gasteiger partial charge in [0.05, 0.1) is 10.6 Å². The zero-order valence-electron chi connectivity index (χ0n) is 14.1. The Bertz CT molecular complexity index is 820. The van der Waals surface area contributed by atoms with E-state index in [2.05, 4.69) is 9.88 Å². The zero-order valence-corrected chi connectivity index (χ0v) is 14.9. The minimum atomic E-state index is -3.73. The number of nitrogens with one attached hydrogen (secondary N) is 1. The minimum absolute atomic E-state index is 0.173. The van der Waals surface area contributed by atoms with E-state index in [1.165, 1.54) is 0 Å². The number of hydrogen-bond donors (Lipinski definition) is 1. The Kier molecular flexibility index (Phi) is 4.08. The van der Waals surface area contributed by atoms with Gasteiger partial charge in [0.15, 0.2) is 0 Å². The number of nitrogens with zero attached hydrogens (tertiary/aromatic N) is 1. The molecule has 0 saturated carbocycles. The summed E-state index contributed by atoms with van der Waals surface area (Å²) in [5.74, 6) is 0.173. The Morgan fingerprint density at radius 2 is 1.23 bits per heavy atom. The molecule has 0 saturated heterocycles. The molecule has 0 aliphatic carbocycles. The third kappa shape index (κ3) is 2.52. The topological polar surface area (TPSA) is 72.2 Å². The van der Waals surface area contributed by atoms with Crippen LogP contribution >= 0.6 is 0 Å². The van der Waals surface area contributed by atoms with E-state index in [-0.39, 0.29) is 5.88 Å². The van der Waals surface area contributed by atoms with Crippen LogP contribution in [0, 0.1) is 48.5 Å². The Morgan fingerprint density at radius 3 is 1.64 bits per heavy atom. The van der Waals surface area contributed by atoms with Gasteiger partial charge in [-0.2, -0.15) is 0 Å². The van der Waals surface area contributed by atoms with Gasteiger partial charge in [-0.05, 0) is 76.3 Å². The van der Waals surface area contributed by atoms with Gasteiger partial charge in [-0.25, -0.2) is 13.1 Å². The van der Waals surface area contributed by atoms with Crippen LogP contribution in [-0.2, 0) is 10.0 Å². The van der Waals surface area contributed by atoms with E-state index in [1.54, 1.807) is 13.8 Å². The molecular weight excluding hydrogens is 300 g/mol. The van der Waals surface area contributed by atoms with Gasteiger partial charge in [-0.3, -0.25) is 0 Å². The van der Waals surface area contributed by atoms with Gasteiger partial charge in [0.25, 0.3) is 10.0 Å². The van der Waals surface area contributed by atoms with Crippen LogP contribution in [-0.4, -0.2) is 13.6 Å². The number of rotatable bonds is 3. The fourth-order valence-corrected chi connectivity index (χ4v) is 4.20. The van der Waals surface area contributed by atoms with Crippen molar-refractivity contribution >= 4 is 15.9 Å². The molecule has 6 heteroatoms. The van der Waals surface area contributed by atoms with Crippen molar-refractivity contribution in [3.8, 4) is 0 Å². The highest BCUT2D eigenvalue weighted by atomic mass is 32.2. The molecule has 0 aliphatic rings. The van der Waals surface area contributed by atoms with Crippen molar-refractivity contribution in [1.29, 1.82) is 0 Å². The van der Waals surface area contributed by atoms with Crippen molar-refractivity contribution in [1.82, 2.24) is 5.16 Å². The first kappa shape index (κ1) is 16.5. The van der Waals surface area contributed by atoms with Crippen molar-refractivity contribution in [2.24, 2.45) is 0 Å². The molecular formula is C16H22N2O3S. The smallest absolute Gasteiger partial charge is 0.264 e. The average molecular weight is 322 g/mol. The molecule has 0 atom stereocenters. The maximum absolute atomic E-state index is 12.8. The number of aromatic nitrogens is 1. The zero-order chi connectivity index (χ0) is 16.8. The Balaban J connectivity index is 2.63. The lowest BCUT2D eigenvalue weighted by molar-refractivity contribution is 0.430. The number of sulfonamides is 1. The molecule has 0 aliphatic heterocycles. The molecule has 120 valence electrons. The highest BCUT2D eigenvalue weighted by Crippen LogP contribution is 2.31. The van der Waals surface area contributed by atoms with Gasteiger partial charge >= 0.3 is 0 Å². The predicted octanol–water partition coefficient (Wildman–Crippen LogP) is 3.63. The standard InChI is InChI=1S/C16H22N2O3S/c1-8-9(2)11(4)15(12(5)10(8)3)22(19,20)18-16-13(6)14(7)17-21-16/h18H,1-7H3. The molecule has 1 N–H and O–H groups in total. The molecule has 1 heterocycles. The van der Waals surface area contributed by atoms with Crippen molar-refractivity contribution in [3.63, 3.8) is 0 Å². The summed E-state index contributed by atoms with van der Waals surface area (Å²) in [6.45, 7) is 13.1. The highest BCUT2D eigenvalue weighted by molar-refractivity contribution is 7.92. The molecule has 0 radical (unpaired) electrons. The summed E-state index contributed by atoms with van der Waals surface area (Å²) in [5.41, 5.74) is 6.01. The number of aryl methyl sites for hydroxylation is 1. The predicted molar refractivity (Wildman–Crippen MR) is 86.9 cm³/mol. The fraction of sp³-hybridized carbons (Fsp3) is 0.438. The van der Waals surface area contributed by atoms with Crippen LogP contribution in [0.15, 0.2) is 9.42 Å². The number of hydrogen-bond acceptors (Lipinski definition) is 4. The molecule has 2 rings (SSSR count). The summed E-state index contributed by atoms with van der Waals surface area (Å²) >= 11 is 0. The van der Waals surface area contributed by atoms with E-state index in [1.807, 2.05) is 34.6 Å². The highest BCUT2D eigenvalue weighted by Gasteiger charge is 2.25. The maximum atomic E-state index is 12.8. The second-order valence-corrected chi connectivity index (χ2v) is 7.40. The summed E-state index contributed by atoms with van der Waals surface area (Å²) in [4.78, 5) is 0.321.